The van der Waals surface area contributed by atoms with Gasteiger partial charge in [0.15, 0.2) is 6.20 Å². The van der Waals surface area contributed by atoms with E-state index in [1.165, 1.54) is 54.6 Å². The molecule has 0 aliphatic heterocycles. The molecule has 0 radical (unpaired) electrons. The lowest BCUT2D eigenvalue weighted by atomic mass is 9.95. The smallest absolute Gasteiger partial charge is 0.224 e. The first kappa shape index (κ1) is 15.8. The van der Waals surface area contributed by atoms with Crippen LogP contribution in [0.1, 0.15) is 30.9 Å². The van der Waals surface area contributed by atoms with Gasteiger partial charge in [-0.2, -0.15) is 0 Å². The molecule has 3 nitrogen and oxygen atoms in total. The van der Waals surface area contributed by atoms with Crippen LogP contribution in [0.2, 0.25) is 0 Å². The predicted molar refractivity (Wildman–Crippen MR) is 116 cm³/mol. The van der Waals surface area contributed by atoms with Gasteiger partial charge in [0.25, 0.3) is 0 Å². The van der Waals surface area contributed by atoms with Gasteiger partial charge in [0.05, 0.1) is 21.8 Å². The normalized spacial score (nSPS) is 12.6. The van der Waals surface area contributed by atoms with Gasteiger partial charge < -0.3 is 0 Å². The van der Waals surface area contributed by atoms with Gasteiger partial charge in [-0.1, -0.05) is 32.0 Å². The molecule has 0 fully saturated rings. The molecule has 4 aromatic heterocycles. The zero-order valence-electron chi connectivity index (χ0n) is 16.6. The first-order chi connectivity index (χ1) is 13.6. The maximum absolute atomic E-state index is 4.81. The van der Waals surface area contributed by atoms with E-state index in [4.69, 9.17) is 4.98 Å². The topological polar surface area (TPSA) is 21.2 Å². The molecule has 6 rings (SSSR count). The van der Waals surface area contributed by atoms with Gasteiger partial charge in [0.1, 0.15) is 12.7 Å². The highest BCUT2D eigenvalue weighted by molar-refractivity contribution is 6.25. The van der Waals surface area contributed by atoms with Crippen molar-refractivity contribution in [3.63, 3.8) is 0 Å². The highest BCUT2D eigenvalue weighted by Crippen LogP contribution is 2.40. The number of benzene rings is 2. The van der Waals surface area contributed by atoms with Crippen molar-refractivity contribution < 1.29 is 4.57 Å². The molecule has 0 amide bonds. The van der Waals surface area contributed by atoms with Crippen LogP contribution in [0.25, 0.3) is 49.1 Å². The lowest BCUT2D eigenvalue weighted by Crippen LogP contribution is -2.29. The molecular weight excluding hydrogens is 342 g/mol. The summed E-state index contributed by atoms with van der Waals surface area (Å²) in [5.41, 5.74) is 7.56. The quantitative estimate of drug-likeness (QED) is 0.210. The molecule has 0 atom stereocenters. The number of aryl methyl sites for hydroxylation is 2. The molecule has 2 aromatic carbocycles. The van der Waals surface area contributed by atoms with Crippen molar-refractivity contribution in [2.45, 2.75) is 26.7 Å². The van der Waals surface area contributed by atoms with E-state index in [1.54, 1.807) is 0 Å². The molecule has 6 aromatic rings. The molecule has 0 saturated heterocycles. The standard InChI is InChI=1S/C25H22N3/c1-14(2)17-12-16-9-11-27(4)24-21-15(3)7-8-18-19-6-5-10-26-25(19)28(23(18)21)20(13-17)22(16)24/h5-14H,1-4H3/q+1. The molecule has 4 heterocycles. The van der Waals surface area contributed by atoms with Crippen molar-refractivity contribution >= 4 is 49.1 Å². The van der Waals surface area contributed by atoms with Crippen molar-refractivity contribution in [1.29, 1.82) is 0 Å². The Morgan fingerprint density at radius 1 is 1.00 bits per heavy atom. The fraction of sp³-hybridized carbons (Fsp3) is 0.200. The van der Waals surface area contributed by atoms with Gasteiger partial charge in [-0.3, -0.25) is 4.40 Å². The van der Waals surface area contributed by atoms with Crippen LogP contribution in [0.15, 0.2) is 54.9 Å². The SMILES string of the molecule is Cc1ccc2c3cccnc3n3c4cc(C(C)C)cc5cc[n+](C)c(c1c23)c54. The summed E-state index contributed by atoms with van der Waals surface area (Å²) in [6, 6.07) is 15.7. The Kier molecular flexibility index (Phi) is 2.94. The second-order valence-electron chi connectivity index (χ2n) is 8.30. The van der Waals surface area contributed by atoms with E-state index in [0.717, 1.165) is 5.65 Å². The van der Waals surface area contributed by atoms with Crippen molar-refractivity contribution in [2.75, 3.05) is 0 Å². The summed E-state index contributed by atoms with van der Waals surface area (Å²) in [6.07, 6.45) is 4.10. The van der Waals surface area contributed by atoms with Crippen LogP contribution in [0.3, 0.4) is 0 Å². The summed E-state index contributed by atoms with van der Waals surface area (Å²) in [5.74, 6) is 0.474. The van der Waals surface area contributed by atoms with Crippen molar-refractivity contribution in [2.24, 2.45) is 7.05 Å². The fourth-order valence-corrected chi connectivity index (χ4v) is 4.88. The maximum Gasteiger partial charge on any atom is 0.224 e. The molecule has 0 N–H and O–H groups in total. The zero-order chi connectivity index (χ0) is 19.2. The molecule has 136 valence electrons. The number of pyridine rings is 3. The second kappa shape index (κ2) is 5.20. The molecule has 0 aliphatic carbocycles. The third-order valence-electron chi connectivity index (χ3n) is 6.28. The van der Waals surface area contributed by atoms with E-state index in [2.05, 4.69) is 79.4 Å². The molecule has 0 spiro atoms. The van der Waals surface area contributed by atoms with E-state index < -0.39 is 0 Å². The van der Waals surface area contributed by atoms with Gasteiger partial charge in [0, 0.05) is 23.0 Å². The lowest BCUT2D eigenvalue weighted by molar-refractivity contribution is -0.643. The Labute approximate surface area is 163 Å². The molecule has 0 aliphatic rings. The molecular formula is C25H22N3+. The molecule has 3 heteroatoms. The van der Waals surface area contributed by atoms with Crippen LogP contribution < -0.4 is 4.57 Å². The highest BCUT2D eigenvalue weighted by atomic mass is 15.0. The van der Waals surface area contributed by atoms with Crippen LogP contribution >= 0.6 is 0 Å². The Morgan fingerprint density at radius 3 is 2.68 bits per heavy atom. The van der Waals surface area contributed by atoms with E-state index in [0.29, 0.717) is 5.92 Å². The monoisotopic (exact) mass is 364 g/mol. The minimum Gasteiger partial charge on any atom is -0.292 e. The average Bonchev–Trinajstić information content (AvgIpc) is 3.03. The molecule has 0 unspecified atom stereocenters. The maximum atomic E-state index is 4.81. The average molecular weight is 364 g/mol. The number of hydrogen-bond acceptors (Lipinski definition) is 1. The van der Waals surface area contributed by atoms with Crippen molar-refractivity contribution in [3.05, 3.63) is 66.0 Å². The van der Waals surface area contributed by atoms with Gasteiger partial charge in [-0.25, -0.2) is 9.55 Å². The number of aromatic nitrogens is 3. The third-order valence-corrected chi connectivity index (χ3v) is 6.28. The summed E-state index contributed by atoms with van der Waals surface area (Å²) in [5, 5.41) is 6.45. The minimum absolute atomic E-state index is 0.474. The van der Waals surface area contributed by atoms with Crippen molar-refractivity contribution in [3.8, 4) is 0 Å². The van der Waals surface area contributed by atoms with Gasteiger partial charge in [-0.05, 0) is 47.6 Å². The molecule has 0 bridgehead atoms. The van der Waals surface area contributed by atoms with Gasteiger partial charge in [-0.15, -0.1) is 0 Å². The first-order valence-corrected chi connectivity index (χ1v) is 9.92. The van der Waals surface area contributed by atoms with Crippen LogP contribution in [0, 0.1) is 6.92 Å². The number of nitrogens with zero attached hydrogens (tertiary/aromatic N) is 3. The summed E-state index contributed by atoms with van der Waals surface area (Å²) in [7, 11) is 2.16. The lowest BCUT2D eigenvalue weighted by Gasteiger charge is -2.15. The Balaban J connectivity index is 2.10. The van der Waals surface area contributed by atoms with E-state index >= 15 is 0 Å². The van der Waals surface area contributed by atoms with E-state index in [1.807, 2.05) is 12.3 Å². The van der Waals surface area contributed by atoms with E-state index in [9.17, 15) is 0 Å². The van der Waals surface area contributed by atoms with Crippen molar-refractivity contribution in [1.82, 2.24) is 9.38 Å². The minimum atomic E-state index is 0.474. The number of fused-ring (bicyclic) bond motifs is 5. The van der Waals surface area contributed by atoms with E-state index in [-0.39, 0.29) is 0 Å². The first-order valence-electron chi connectivity index (χ1n) is 9.92. The summed E-state index contributed by atoms with van der Waals surface area (Å²) >= 11 is 0. The fourth-order valence-electron chi connectivity index (χ4n) is 4.88. The Hall–Kier alpha value is -3.20. The van der Waals surface area contributed by atoms with Crippen LogP contribution in [0.5, 0.6) is 0 Å². The molecule has 28 heavy (non-hydrogen) atoms. The summed E-state index contributed by atoms with van der Waals surface area (Å²) in [4.78, 5) is 4.81. The zero-order valence-corrected chi connectivity index (χ0v) is 16.6. The number of hydrogen-bond donors (Lipinski definition) is 0. The second-order valence-corrected chi connectivity index (χ2v) is 8.30. The van der Waals surface area contributed by atoms with Gasteiger partial charge in [0.2, 0.25) is 5.52 Å². The summed E-state index contributed by atoms with van der Waals surface area (Å²) < 4.78 is 4.67. The largest absolute Gasteiger partial charge is 0.292 e. The molecule has 0 saturated carbocycles. The Bertz CT molecular complexity index is 1550. The number of rotatable bonds is 1. The van der Waals surface area contributed by atoms with Crippen LogP contribution in [-0.4, -0.2) is 9.38 Å². The third kappa shape index (κ3) is 1.79. The highest BCUT2D eigenvalue weighted by Gasteiger charge is 2.24. The summed E-state index contributed by atoms with van der Waals surface area (Å²) in [6.45, 7) is 6.75. The van der Waals surface area contributed by atoms with Crippen LogP contribution in [0.4, 0.5) is 0 Å². The van der Waals surface area contributed by atoms with Crippen LogP contribution in [-0.2, 0) is 7.05 Å². The predicted octanol–water partition coefficient (Wildman–Crippen LogP) is 5.64. The Morgan fingerprint density at radius 2 is 1.86 bits per heavy atom. The van der Waals surface area contributed by atoms with Gasteiger partial charge >= 0.3 is 0 Å².